The molecule has 1 amide bonds. The summed E-state index contributed by atoms with van der Waals surface area (Å²) in [5, 5.41) is 8.61. The zero-order valence-electron chi connectivity index (χ0n) is 15.7. The van der Waals surface area contributed by atoms with Gasteiger partial charge in [0.2, 0.25) is 5.91 Å². The average Bonchev–Trinajstić information content (AvgIpc) is 2.66. The molecule has 0 radical (unpaired) electrons. The van der Waals surface area contributed by atoms with E-state index in [1.165, 1.54) is 6.07 Å². The quantitative estimate of drug-likeness (QED) is 0.476. The van der Waals surface area contributed by atoms with Crippen LogP contribution in [0.25, 0.3) is 0 Å². The van der Waals surface area contributed by atoms with Gasteiger partial charge in [0.05, 0.1) is 25.0 Å². The number of rotatable bonds is 8. The number of carbonyl (C=O) groups excluding carboxylic acids is 1. The van der Waals surface area contributed by atoms with Crippen molar-refractivity contribution in [3.05, 3.63) is 53.9 Å². The van der Waals surface area contributed by atoms with E-state index in [9.17, 15) is 13.6 Å². The number of aryl methyl sites for hydroxylation is 1. The SMILES string of the molecule is CCNC(=NCc1cc(C)ccc1OC(F)F)NCC(=O)Nc1cccnc1. The Labute approximate surface area is 162 Å². The van der Waals surface area contributed by atoms with Crippen molar-refractivity contribution in [3.8, 4) is 5.75 Å². The fraction of sp³-hybridized carbons (Fsp3) is 0.316. The molecule has 0 aliphatic carbocycles. The Kier molecular flexibility index (Phi) is 8.13. The molecule has 3 N–H and O–H groups in total. The van der Waals surface area contributed by atoms with E-state index >= 15 is 0 Å². The predicted octanol–water partition coefficient (Wildman–Crippen LogP) is 2.69. The Morgan fingerprint density at radius 3 is 2.79 bits per heavy atom. The van der Waals surface area contributed by atoms with Crippen molar-refractivity contribution in [1.29, 1.82) is 0 Å². The summed E-state index contributed by atoms with van der Waals surface area (Å²) < 4.78 is 29.7. The fourth-order valence-corrected chi connectivity index (χ4v) is 2.35. The lowest BCUT2D eigenvalue weighted by Crippen LogP contribution is -2.41. The molecule has 0 spiro atoms. The minimum absolute atomic E-state index is 0.0189. The number of pyridine rings is 1. The lowest BCUT2D eigenvalue weighted by atomic mass is 10.1. The maximum atomic E-state index is 12.6. The van der Waals surface area contributed by atoms with Crippen molar-refractivity contribution in [2.45, 2.75) is 27.0 Å². The van der Waals surface area contributed by atoms with Crippen molar-refractivity contribution < 1.29 is 18.3 Å². The van der Waals surface area contributed by atoms with Gasteiger partial charge in [0.1, 0.15) is 5.75 Å². The lowest BCUT2D eigenvalue weighted by molar-refractivity contribution is -0.115. The molecule has 0 saturated heterocycles. The van der Waals surface area contributed by atoms with E-state index in [0.29, 0.717) is 23.8 Å². The van der Waals surface area contributed by atoms with E-state index in [0.717, 1.165) is 5.56 Å². The summed E-state index contributed by atoms with van der Waals surface area (Å²) in [5.41, 5.74) is 2.02. The molecule has 0 unspecified atom stereocenters. The second-order valence-corrected chi connectivity index (χ2v) is 5.83. The Bertz CT molecular complexity index is 800. The zero-order valence-corrected chi connectivity index (χ0v) is 15.7. The van der Waals surface area contributed by atoms with Crippen LogP contribution in [-0.2, 0) is 11.3 Å². The molecule has 28 heavy (non-hydrogen) atoms. The fourth-order valence-electron chi connectivity index (χ4n) is 2.35. The van der Waals surface area contributed by atoms with Crippen molar-refractivity contribution in [2.24, 2.45) is 4.99 Å². The number of hydrogen-bond acceptors (Lipinski definition) is 4. The van der Waals surface area contributed by atoms with Crippen LogP contribution in [0.1, 0.15) is 18.1 Å². The number of nitrogens with one attached hydrogen (secondary N) is 3. The molecule has 7 nitrogen and oxygen atoms in total. The highest BCUT2D eigenvalue weighted by Gasteiger charge is 2.10. The minimum Gasteiger partial charge on any atom is -0.434 e. The van der Waals surface area contributed by atoms with Gasteiger partial charge in [0.25, 0.3) is 0 Å². The maximum absolute atomic E-state index is 12.6. The number of amides is 1. The van der Waals surface area contributed by atoms with E-state index in [2.05, 4.69) is 30.7 Å². The number of hydrogen-bond donors (Lipinski definition) is 3. The molecule has 150 valence electrons. The minimum atomic E-state index is -2.91. The monoisotopic (exact) mass is 391 g/mol. The molecular weight excluding hydrogens is 368 g/mol. The van der Waals surface area contributed by atoms with Crippen molar-refractivity contribution in [3.63, 3.8) is 0 Å². The molecule has 2 aromatic rings. The Morgan fingerprint density at radius 1 is 1.29 bits per heavy atom. The molecule has 2 rings (SSSR count). The number of guanidine groups is 1. The molecular formula is C19H23F2N5O2. The van der Waals surface area contributed by atoms with Gasteiger partial charge >= 0.3 is 6.61 Å². The average molecular weight is 391 g/mol. The van der Waals surface area contributed by atoms with Gasteiger partial charge in [-0.3, -0.25) is 9.78 Å². The molecule has 0 saturated carbocycles. The Balaban J connectivity index is 2.00. The summed E-state index contributed by atoms with van der Waals surface area (Å²) in [7, 11) is 0. The molecule has 0 aliphatic rings. The first-order chi connectivity index (χ1) is 13.5. The van der Waals surface area contributed by atoms with Crippen LogP contribution >= 0.6 is 0 Å². The van der Waals surface area contributed by atoms with Gasteiger partial charge in [0.15, 0.2) is 5.96 Å². The van der Waals surface area contributed by atoms with E-state index in [4.69, 9.17) is 0 Å². The van der Waals surface area contributed by atoms with Crippen molar-refractivity contribution >= 4 is 17.6 Å². The van der Waals surface area contributed by atoms with Crippen LogP contribution in [-0.4, -0.2) is 36.6 Å². The Morgan fingerprint density at radius 2 is 2.11 bits per heavy atom. The van der Waals surface area contributed by atoms with Gasteiger partial charge in [-0.25, -0.2) is 4.99 Å². The highest BCUT2D eigenvalue weighted by atomic mass is 19.3. The third kappa shape index (κ3) is 7.18. The zero-order chi connectivity index (χ0) is 20.4. The summed E-state index contributed by atoms with van der Waals surface area (Å²) in [6.07, 6.45) is 3.15. The molecule has 0 aliphatic heterocycles. The van der Waals surface area contributed by atoms with E-state index in [-0.39, 0.29) is 24.7 Å². The number of halogens is 2. The van der Waals surface area contributed by atoms with Gasteiger partial charge in [-0.2, -0.15) is 8.78 Å². The standard InChI is InChI=1S/C19H23F2N5O2/c1-3-23-19(25-12-17(27)26-15-5-4-8-22-11-15)24-10-14-9-13(2)6-7-16(14)28-18(20)21/h4-9,11,18H,3,10,12H2,1-2H3,(H,26,27)(H2,23,24,25). The van der Waals surface area contributed by atoms with Crippen molar-refractivity contribution in [2.75, 3.05) is 18.4 Å². The van der Waals surface area contributed by atoms with Crippen LogP contribution < -0.4 is 20.7 Å². The van der Waals surface area contributed by atoms with E-state index in [1.54, 1.807) is 36.7 Å². The first-order valence-corrected chi connectivity index (χ1v) is 8.74. The molecule has 1 heterocycles. The summed E-state index contributed by atoms with van der Waals surface area (Å²) in [5.74, 6) is 0.193. The van der Waals surface area contributed by atoms with Crippen LogP contribution in [0.3, 0.4) is 0 Å². The van der Waals surface area contributed by atoms with Gasteiger partial charge in [-0.1, -0.05) is 17.7 Å². The second kappa shape index (κ2) is 10.8. The van der Waals surface area contributed by atoms with Gasteiger partial charge < -0.3 is 20.7 Å². The molecule has 0 bridgehead atoms. The maximum Gasteiger partial charge on any atom is 0.387 e. The molecule has 1 aromatic carbocycles. The molecule has 9 heteroatoms. The second-order valence-electron chi connectivity index (χ2n) is 5.83. The van der Waals surface area contributed by atoms with E-state index in [1.807, 2.05) is 13.8 Å². The van der Waals surface area contributed by atoms with Crippen LogP contribution in [0, 0.1) is 6.92 Å². The number of carbonyl (C=O) groups is 1. The Hall–Kier alpha value is -3.23. The molecule has 0 fully saturated rings. The summed E-state index contributed by atoms with van der Waals surface area (Å²) in [6, 6.07) is 8.37. The third-order valence-corrected chi connectivity index (χ3v) is 3.55. The topological polar surface area (TPSA) is 87.6 Å². The number of aromatic nitrogens is 1. The summed E-state index contributed by atoms with van der Waals surface area (Å²) in [6.45, 7) is 1.49. The largest absolute Gasteiger partial charge is 0.434 e. The number of anilines is 1. The van der Waals surface area contributed by atoms with Gasteiger partial charge in [0, 0.05) is 18.3 Å². The lowest BCUT2D eigenvalue weighted by Gasteiger charge is -2.13. The van der Waals surface area contributed by atoms with Crippen LogP contribution in [0.4, 0.5) is 14.5 Å². The number of benzene rings is 1. The van der Waals surface area contributed by atoms with Crippen LogP contribution in [0.15, 0.2) is 47.7 Å². The number of nitrogens with zero attached hydrogens (tertiary/aromatic N) is 2. The van der Waals surface area contributed by atoms with E-state index < -0.39 is 6.61 Å². The summed E-state index contributed by atoms with van der Waals surface area (Å²) in [4.78, 5) is 20.3. The molecule has 1 aromatic heterocycles. The van der Waals surface area contributed by atoms with Crippen molar-refractivity contribution in [1.82, 2.24) is 15.6 Å². The van der Waals surface area contributed by atoms with Gasteiger partial charge in [-0.05, 0) is 32.0 Å². The number of aliphatic imine (C=N–C) groups is 1. The molecule has 0 atom stereocenters. The first kappa shape index (κ1) is 21.1. The normalized spacial score (nSPS) is 11.2. The van der Waals surface area contributed by atoms with Crippen LogP contribution in [0.2, 0.25) is 0 Å². The highest BCUT2D eigenvalue weighted by molar-refractivity contribution is 5.94. The first-order valence-electron chi connectivity index (χ1n) is 8.74. The van der Waals surface area contributed by atoms with Gasteiger partial charge in [-0.15, -0.1) is 0 Å². The predicted molar refractivity (Wildman–Crippen MR) is 103 cm³/mol. The summed E-state index contributed by atoms with van der Waals surface area (Å²) >= 11 is 0. The highest BCUT2D eigenvalue weighted by Crippen LogP contribution is 2.22. The number of alkyl halides is 2. The smallest absolute Gasteiger partial charge is 0.387 e. The third-order valence-electron chi connectivity index (χ3n) is 3.55. The number of ether oxygens (including phenoxy) is 1. The van der Waals surface area contributed by atoms with Crippen LogP contribution in [0.5, 0.6) is 5.75 Å².